The molecule has 3 heterocycles. The molecule has 5 rings (SSSR count). The number of rotatable bonds is 3. The van der Waals surface area contributed by atoms with Crippen LogP contribution in [0, 0.1) is 6.92 Å². The molecule has 0 spiro atoms. The van der Waals surface area contributed by atoms with Gasteiger partial charge in [0.2, 0.25) is 0 Å². The molecule has 0 radical (unpaired) electrons. The zero-order valence-electron chi connectivity index (χ0n) is 15.2. The molecule has 7 heteroatoms. The second-order valence-electron chi connectivity index (χ2n) is 6.67. The van der Waals surface area contributed by atoms with Crippen LogP contribution in [0.15, 0.2) is 63.8 Å². The summed E-state index contributed by atoms with van der Waals surface area (Å²) in [6.45, 7) is 1.84. The number of furan rings is 1. The maximum absolute atomic E-state index is 12.8. The van der Waals surface area contributed by atoms with Crippen molar-refractivity contribution in [3.8, 4) is 11.3 Å². The van der Waals surface area contributed by atoms with Gasteiger partial charge in [0.1, 0.15) is 16.1 Å². The van der Waals surface area contributed by atoms with Gasteiger partial charge >= 0.3 is 5.97 Å². The summed E-state index contributed by atoms with van der Waals surface area (Å²) < 4.78 is 8.06. The van der Waals surface area contributed by atoms with Gasteiger partial charge in [-0.2, -0.15) is 0 Å². The number of hydrogen-bond donors (Lipinski definition) is 1. The second-order valence-corrected chi connectivity index (χ2v) is 7.68. The standard InChI is InChI=1S/C22H14N2O4S/c1-12-10-13(21(26)27)6-8-15(12)18-9-7-14(28-18)11-19-20(25)24-17-5-3-2-4-16(17)23-22(24)29-19/h2-11H,1H3,(H,26,27)/b19-11-. The van der Waals surface area contributed by atoms with Gasteiger partial charge in [0, 0.05) is 11.6 Å². The first kappa shape index (κ1) is 17.4. The Bertz CT molecular complexity index is 1520. The summed E-state index contributed by atoms with van der Waals surface area (Å²) in [5.74, 6) is 0.198. The lowest BCUT2D eigenvalue weighted by molar-refractivity contribution is 0.0697. The number of para-hydroxylation sites is 2. The molecule has 142 valence electrons. The van der Waals surface area contributed by atoms with Crippen molar-refractivity contribution in [3.63, 3.8) is 0 Å². The maximum atomic E-state index is 12.8. The van der Waals surface area contributed by atoms with Crippen LogP contribution < -0.4 is 10.1 Å². The lowest BCUT2D eigenvalue weighted by Crippen LogP contribution is -2.22. The molecule has 1 N–H and O–H groups in total. The predicted octanol–water partition coefficient (Wildman–Crippen LogP) is 3.72. The number of carbonyl (C=O) groups is 1. The van der Waals surface area contributed by atoms with Gasteiger partial charge in [0.15, 0.2) is 4.96 Å². The van der Waals surface area contributed by atoms with E-state index in [1.807, 2.05) is 37.3 Å². The molecule has 0 bridgehead atoms. The van der Waals surface area contributed by atoms with Crippen LogP contribution in [0.25, 0.3) is 33.4 Å². The lowest BCUT2D eigenvalue weighted by Gasteiger charge is -2.03. The fraction of sp³-hybridized carbons (Fsp3) is 0.0455. The van der Waals surface area contributed by atoms with E-state index < -0.39 is 5.97 Å². The van der Waals surface area contributed by atoms with E-state index in [1.54, 1.807) is 34.7 Å². The number of aromatic nitrogens is 2. The predicted molar refractivity (Wildman–Crippen MR) is 111 cm³/mol. The highest BCUT2D eigenvalue weighted by molar-refractivity contribution is 7.15. The number of benzene rings is 2. The normalized spacial score (nSPS) is 12.2. The highest BCUT2D eigenvalue weighted by Gasteiger charge is 2.13. The third-order valence-electron chi connectivity index (χ3n) is 4.78. The lowest BCUT2D eigenvalue weighted by atomic mass is 10.0. The first-order valence-corrected chi connectivity index (χ1v) is 9.69. The van der Waals surface area contributed by atoms with Crippen molar-refractivity contribution < 1.29 is 14.3 Å². The largest absolute Gasteiger partial charge is 0.478 e. The Hall–Kier alpha value is -3.71. The number of fused-ring (bicyclic) bond motifs is 3. The summed E-state index contributed by atoms with van der Waals surface area (Å²) in [5, 5.41) is 9.11. The molecule has 0 saturated heterocycles. The molecule has 0 unspecified atom stereocenters. The zero-order chi connectivity index (χ0) is 20.1. The molecule has 0 saturated carbocycles. The Morgan fingerprint density at radius 1 is 1.17 bits per heavy atom. The maximum Gasteiger partial charge on any atom is 0.335 e. The number of imidazole rings is 1. The Kier molecular flexibility index (Phi) is 3.85. The molecular weight excluding hydrogens is 388 g/mol. The number of carboxylic acids is 1. The minimum Gasteiger partial charge on any atom is -0.478 e. The highest BCUT2D eigenvalue weighted by Crippen LogP contribution is 2.27. The zero-order valence-corrected chi connectivity index (χ0v) is 16.1. The molecule has 5 aromatic rings. The van der Waals surface area contributed by atoms with Gasteiger partial charge < -0.3 is 9.52 Å². The summed E-state index contributed by atoms with van der Waals surface area (Å²) in [4.78, 5) is 29.1. The van der Waals surface area contributed by atoms with Gasteiger partial charge in [0.05, 0.1) is 16.6 Å². The van der Waals surface area contributed by atoms with E-state index in [9.17, 15) is 9.59 Å². The average molecular weight is 402 g/mol. The van der Waals surface area contributed by atoms with Crippen LogP contribution in [0.5, 0.6) is 0 Å². The van der Waals surface area contributed by atoms with Gasteiger partial charge in [-0.25, -0.2) is 14.2 Å². The van der Waals surface area contributed by atoms with Crippen molar-refractivity contribution in [2.75, 3.05) is 0 Å². The quantitative estimate of drug-likeness (QED) is 0.497. The minimum atomic E-state index is -0.966. The molecule has 2 aromatic carbocycles. The van der Waals surface area contributed by atoms with Crippen LogP contribution in [0.2, 0.25) is 0 Å². The SMILES string of the molecule is Cc1cc(C(=O)O)ccc1-c1ccc(/C=c2\sc3nc4ccccc4n3c2=O)o1. The molecule has 0 aliphatic carbocycles. The number of thiazole rings is 1. The van der Waals surface area contributed by atoms with Crippen LogP contribution in [0.3, 0.4) is 0 Å². The third kappa shape index (κ3) is 2.83. The van der Waals surface area contributed by atoms with E-state index in [-0.39, 0.29) is 11.1 Å². The summed E-state index contributed by atoms with van der Waals surface area (Å²) in [7, 11) is 0. The third-order valence-corrected chi connectivity index (χ3v) is 5.75. The van der Waals surface area contributed by atoms with Crippen LogP contribution in [-0.2, 0) is 0 Å². The Labute approximate surface area is 168 Å². The molecule has 3 aromatic heterocycles. The summed E-state index contributed by atoms with van der Waals surface area (Å²) in [6.07, 6.45) is 1.71. The summed E-state index contributed by atoms with van der Waals surface area (Å²) in [5.41, 5.74) is 3.30. The molecule has 0 atom stereocenters. The van der Waals surface area contributed by atoms with E-state index in [0.717, 1.165) is 22.2 Å². The monoisotopic (exact) mass is 402 g/mol. The van der Waals surface area contributed by atoms with Crippen LogP contribution in [-0.4, -0.2) is 20.5 Å². The number of hydrogen-bond acceptors (Lipinski definition) is 5. The van der Waals surface area contributed by atoms with E-state index in [1.165, 1.54) is 11.3 Å². The topological polar surface area (TPSA) is 84.8 Å². The Balaban J connectivity index is 1.58. The second kappa shape index (κ2) is 6.42. The van der Waals surface area contributed by atoms with Crippen LogP contribution in [0.4, 0.5) is 0 Å². The highest BCUT2D eigenvalue weighted by atomic mass is 32.1. The Morgan fingerprint density at radius 2 is 2.00 bits per heavy atom. The van der Waals surface area contributed by atoms with Crippen LogP contribution >= 0.6 is 11.3 Å². The minimum absolute atomic E-state index is 0.126. The molecule has 0 amide bonds. The van der Waals surface area contributed by atoms with Crippen molar-refractivity contribution >= 4 is 39.4 Å². The average Bonchev–Trinajstić information content (AvgIpc) is 3.38. The fourth-order valence-electron chi connectivity index (χ4n) is 3.39. The van der Waals surface area contributed by atoms with E-state index in [2.05, 4.69) is 4.98 Å². The van der Waals surface area contributed by atoms with Gasteiger partial charge in [-0.3, -0.25) is 4.79 Å². The fourth-order valence-corrected chi connectivity index (χ4v) is 4.36. The molecule has 0 aliphatic heterocycles. The molecule has 0 fully saturated rings. The van der Waals surface area contributed by atoms with Crippen molar-refractivity contribution in [2.45, 2.75) is 6.92 Å². The smallest absolute Gasteiger partial charge is 0.335 e. The van der Waals surface area contributed by atoms with Gasteiger partial charge in [0.25, 0.3) is 5.56 Å². The van der Waals surface area contributed by atoms with Crippen molar-refractivity contribution in [1.29, 1.82) is 0 Å². The van der Waals surface area contributed by atoms with E-state index in [0.29, 0.717) is 21.0 Å². The molecule has 0 aliphatic rings. The van der Waals surface area contributed by atoms with Crippen molar-refractivity contribution in [3.05, 3.63) is 86.4 Å². The Morgan fingerprint density at radius 3 is 2.79 bits per heavy atom. The first-order valence-electron chi connectivity index (χ1n) is 8.87. The number of aryl methyl sites for hydroxylation is 1. The van der Waals surface area contributed by atoms with Gasteiger partial charge in [-0.15, -0.1) is 0 Å². The molecule has 6 nitrogen and oxygen atoms in total. The molecular formula is C22H14N2O4S. The summed E-state index contributed by atoms with van der Waals surface area (Å²) >= 11 is 1.32. The van der Waals surface area contributed by atoms with Crippen LogP contribution in [0.1, 0.15) is 21.7 Å². The van der Waals surface area contributed by atoms with E-state index >= 15 is 0 Å². The van der Waals surface area contributed by atoms with Gasteiger partial charge in [-0.05, 0) is 48.9 Å². The van der Waals surface area contributed by atoms with Crippen molar-refractivity contribution in [2.24, 2.45) is 0 Å². The molecule has 29 heavy (non-hydrogen) atoms. The first-order chi connectivity index (χ1) is 14.0. The van der Waals surface area contributed by atoms with Gasteiger partial charge in [-0.1, -0.05) is 29.5 Å². The number of carboxylic acid groups (broad SMARTS) is 1. The number of aromatic carboxylic acids is 1. The summed E-state index contributed by atoms with van der Waals surface area (Å²) in [6, 6.07) is 16.0. The number of nitrogens with zero attached hydrogens (tertiary/aromatic N) is 2. The van der Waals surface area contributed by atoms with Crippen molar-refractivity contribution in [1.82, 2.24) is 9.38 Å². The van der Waals surface area contributed by atoms with E-state index in [4.69, 9.17) is 9.52 Å².